The minimum absolute atomic E-state index is 0.00776. The van der Waals surface area contributed by atoms with Crippen LogP contribution >= 0.6 is 11.6 Å². The van der Waals surface area contributed by atoms with Crippen molar-refractivity contribution in [2.75, 3.05) is 13.1 Å². The molecule has 1 heterocycles. The maximum absolute atomic E-state index is 13.1. The smallest absolute Gasteiger partial charge is 0.247 e. The molecule has 0 bridgehead atoms. The van der Waals surface area contributed by atoms with E-state index in [1.807, 2.05) is 6.92 Å². The van der Waals surface area contributed by atoms with Crippen LogP contribution in [0.5, 0.6) is 0 Å². The van der Waals surface area contributed by atoms with E-state index >= 15 is 0 Å². The molecule has 0 aliphatic carbocycles. The second-order valence-electron chi connectivity index (χ2n) is 4.75. The summed E-state index contributed by atoms with van der Waals surface area (Å²) < 4.78 is 13.1. The predicted molar refractivity (Wildman–Crippen MR) is 79.2 cm³/mol. The number of halogens is 2. The number of nitrogens with one attached hydrogen (secondary N) is 1. The highest BCUT2D eigenvalue weighted by atomic mass is 35.5. The zero-order chi connectivity index (χ0) is 15.4. The molecule has 1 aliphatic rings. The van der Waals surface area contributed by atoms with E-state index in [2.05, 4.69) is 5.32 Å². The number of hydrogen-bond acceptors (Lipinski definition) is 2. The molecule has 0 aromatic heterocycles. The summed E-state index contributed by atoms with van der Waals surface area (Å²) in [4.78, 5) is 25.4. The van der Waals surface area contributed by atoms with Crippen LogP contribution < -0.4 is 5.32 Å². The van der Waals surface area contributed by atoms with Gasteiger partial charge in [-0.3, -0.25) is 9.59 Å². The van der Waals surface area contributed by atoms with Crippen molar-refractivity contribution < 1.29 is 14.0 Å². The minimum atomic E-state index is -0.501. The number of nitrogens with zero attached hydrogens (tertiary/aromatic N) is 1. The van der Waals surface area contributed by atoms with Gasteiger partial charge in [0.2, 0.25) is 11.8 Å². The van der Waals surface area contributed by atoms with E-state index in [1.54, 1.807) is 11.0 Å². The topological polar surface area (TPSA) is 49.4 Å². The van der Waals surface area contributed by atoms with Crippen LogP contribution in [-0.4, -0.2) is 35.8 Å². The first-order valence-electron chi connectivity index (χ1n) is 6.74. The van der Waals surface area contributed by atoms with Gasteiger partial charge >= 0.3 is 0 Å². The molecule has 0 radical (unpaired) electrons. The molecule has 2 rings (SSSR count). The summed E-state index contributed by atoms with van der Waals surface area (Å²) in [6, 6.07) is 3.79. The van der Waals surface area contributed by atoms with Crippen LogP contribution in [0.15, 0.2) is 24.3 Å². The molecular weight excluding hydrogens is 295 g/mol. The van der Waals surface area contributed by atoms with E-state index in [0.717, 1.165) is 0 Å². The Balaban J connectivity index is 2.10. The fourth-order valence-corrected chi connectivity index (χ4v) is 2.45. The van der Waals surface area contributed by atoms with Gasteiger partial charge in [0.25, 0.3) is 0 Å². The zero-order valence-corrected chi connectivity index (χ0v) is 12.4. The third-order valence-electron chi connectivity index (χ3n) is 3.36. The van der Waals surface area contributed by atoms with Crippen LogP contribution in [0.3, 0.4) is 0 Å². The van der Waals surface area contributed by atoms with Gasteiger partial charge in [0, 0.05) is 19.2 Å². The summed E-state index contributed by atoms with van der Waals surface area (Å²) in [5, 5.41) is 2.75. The van der Waals surface area contributed by atoms with Gasteiger partial charge < -0.3 is 10.2 Å². The summed E-state index contributed by atoms with van der Waals surface area (Å²) in [6.45, 7) is 2.80. The van der Waals surface area contributed by atoms with Crippen LogP contribution in [0, 0.1) is 5.82 Å². The summed E-state index contributed by atoms with van der Waals surface area (Å²) in [7, 11) is 0. The van der Waals surface area contributed by atoms with Crippen LogP contribution in [0.2, 0.25) is 5.02 Å². The van der Waals surface area contributed by atoms with Crippen LogP contribution in [0.1, 0.15) is 18.9 Å². The first-order valence-corrected chi connectivity index (χ1v) is 7.12. The van der Waals surface area contributed by atoms with E-state index in [0.29, 0.717) is 25.1 Å². The van der Waals surface area contributed by atoms with Gasteiger partial charge in [0.05, 0.1) is 5.02 Å². The standard InChI is InChI=1S/C15H16ClFN2O2/c1-2-13-15(21)18-7-8-19(13)14(20)6-4-10-3-5-12(17)11(16)9-10/h3-6,9,13H,2,7-8H2,1H3,(H,18,21). The van der Waals surface area contributed by atoms with Crippen molar-refractivity contribution in [3.63, 3.8) is 0 Å². The van der Waals surface area contributed by atoms with Gasteiger partial charge in [-0.2, -0.15) is 0 Å². The SMILES string of the molecule is CCC1C(=O)NCCN1C(=O)C=Cc1ccc(F)c(Cl)c1. The molecule has 4 nitrogen and oxygen atoms in total. The molecule has 21 heavy (non-hydrogen) atoms. The van der Waals surface area contributed by atoms with Gasteiger partial charge in [-0.05, 0) is 30.2 Å². The number of amides is 2. The third kappa shape index (κ3) is 3.61. The maximum Gasteiger partial charge on any atom is 0.247 e. The van der Waals surface area contributed by atoms with Crippen molar-refractivity contribution in [1.29, 1.82) is 0 Å². The quantitative estimate of drug-likeness (QED) is 0.870. The van der Waals surface area contributed by atoms with E-state index in [9.17, 15) is 14.0 Å². The molecule has 1 aliphatic heterocycles. The fraction of sp³-hybridized carbons (Fsp3) is 0.333. The molecule has 6 heteroatoms. The Morgan fingerprint density at radius 1 is 1.57 bits per heavy atom. The maximum atomic E-state index is 13.1. The van der Waals surface area contributed by atoms with Gasteiger partial charge in [-0.1, -0.05) is 24.6 Å². The Kier molecular flexibility index (Phi) is 4.96. The number of piperazine rings is 1. The molecule has 0 saturated carbocycles. The van der Waals surface area contributed by atoms with Crippen molar-refractivity contribution in [3.8, 4) is 0 Å². The van der Waals surface area contributed by atoms with Gasteiger partial charge in [0.15, 0.2) is 0 Å². The average Bonchev–Trinajstić information content (AvgIpc) is 2.48. The Morgan fingerprint density at radius 3 is 3.00 bits per heavy atom. The van der Waals surface area contributed by atoms with Crippen molar-refractivity contribution in [2.24, 2.45) is 0 Å². The lowest BCUT2D eigenvalue weighted by Crippen LogP contribution is -2.56. The first kappa shape index (κ1) is 15.5. The minimum Gasteiger partial charge on any atom is -0.353 e. The van der Waals surface area contributed by atoms with Crippen LogP contribution in [-0.2, 0) is 9.59 Å². The number of rotatable bonds is 3. The van der Waals surface area contributed by atoms with E-state index in [1.165, 1.54) is 24.3 Å². The highest BCUT2D eigenvalue weighted by Gasteiger charge is 2.30. The number of carbonyl (C=O) groups excluding carboxylic acids is 2. The first-order chi connectivity index (χ1) is 10.0. The number of hydrogen-bond donors (Lipinski definition) is 1. The Hall–Kier alpha value is -1.88. The summed E-state index contributed by atoms with van der Waals surface area (Å²) in [6.07, 6.45) is 3.51. The highest BCUT2D eigenvalue weighted by Crippen LogP contribution is 2.17. The molecule has 2 amide bonds. The average molecular weight is 311 g/mol. The Bertz CT molecular complexity index is 589. The molecule has 1 N–H and O–H groups in total. The molecule has 1 atom stereocenters. The lowest BCUT2D eigenvalue weighted by molar-refractivity contribution is -0.140. The molecule has 112 valence electrons. The van der Waals surface area contributed by atoms with Crippen molar-refractivity contribution in [1.82, 2.24) is 10.2 Å². The van der Waals surface area contributed by atoms with Gasteiger partial charge in [0.1, 0.15) is 11.9 Å². The third-order valence-corrected chi connectivity index (χ3v) is 3.65. The van der Waals surface area contributed by atoms with E-state index < -0.39 is 11.9 Å². The van der Waals surface area contributed by atoms with Crippen molar-refractivity contribution in [2.45, 2.75) is 19.4 Å². The summed E-state index contributed by atoms with van der Waals surface area (Å²) in [5.41, 5.74) is 0.629. The molecular formula is C15H16ClFN2O2. The number of carbonyl (C=O) groups is 2. The van der Waals surface area contributed by atoms with Crippen molar-refractivity contribution >= 4 is 29.5 Å². The summed E-state index contributed by atoms with van der Waals surface area (Å²) in [5.74, 6) is -0.869. The van der Waals surface area contributed by atoms with Crippen LogP contribution in [0.4, 0.5) is 4.39 Å². The Morgan fingerprint density at radius 2 is 2.33 bits per heavy atom. The fourth-order valence-electron chi connectivity index (χ4n) is 2.26. The zero-order valence-electron chi connectivity index (χ0n) is 11.6. The molecule has 1 aromatic rings. The van der Waals surface area contributed by atoms with E-state index in [4.69, 9.17) is 11.6 Å². The van der Waals surface area contributed by atoms with Crippen molar-refractivity contribution in [3.05, 3.63) is 40.7 Å². The molecule has 1 unspecified atom stereocenters. The lowest BCUT2D eigenvalue weighted by atomic mass is 10.1. The van der Waals surface area contributed by atoms with Crippen LogP contribution in [0.25, 0.3) is 6.08 Å². The summed E-state index contributed by atoms with van der Waals surface area (Å²) >= 11 is 5.69. The highest BCUT2D eigenvalue weighted by molar-refractivity contribution is 6.30. The Labute approximate surface area is 127 Å². The normalized spacial score (nSPS) is 18.9. The predicted octanol–water partition coefficient (Wildman–Crippen LogP) is 2.23. The second-order valence-corrected chi connectivity index (χ2v) is 5.16. The monoisotopic (exact) mass is 310 g/mol. The number of benzene rings is 1. The second kappa shape index (κ2) is 6.72. The van der Waals surface area contributed by atoms with E-state index in [-0.39, 0.29) is 16.8 Å². The van der Waals surface area contributed by atoms with Gasteiger partial charge in [-0.15, -0.1) is 0 Å². The van der Waals surface area contributed by atoms with Gasteiger partial charge in [-0.25, -0.2) is 4.39 Å². The molecule has 1 fully saturated rings. The largest absolute Gasteiger partial charge is 0.353 e. The molecule has 1 aromatic carbocycles. The molecule has 0 spiro atoms. The lowest BCUT2D eigenvalue weighted by Gasteiger charge is -2.33. The molecule has 1 saturated heterocycles.